The minimum Gasteiger partial charge on any atom is -0.377 e. The number of halogens is 4. The van der Waals surface area contributed by atoms with E-state index in [1.807, 2.05) is 30.3 Å². The highest BCUT2D eigenvalue weighted by Crippen LogP contribution is 2.53. The van der Waals surface area contributed by atoms with E-state index < -0.39 is 11.7 Å². The van der Waals surface area contributed by atoms with Gasteiger partial charge in [0.05, 0.1) is 17.3 Å². The maximum absolute atomic E-state index is 13.5. The van der Waals surface area contributed by atoms with E-state index in [1.54, 1.807) is 6.07 Å². The maximum Gasteiger partial charge on any atom is 0.418 e. The first-order chi connectivity index (χ1) is 11.5. The monoisotopic (exact) mass is 393 g/mol. The van der Waals surface area contributed by atoms with Crippen molar-refractivity contribution in [2.75, 3.05) is 5.32 Å². The summed E-state index contributed by atoms with van der Waals surface area (Å²) in [6.45, 7) is 0. The van der Waals surface area contributed by atoms with Crippen LogP contribution in [0.4, 0.5) is 18.9 Å². The molecule has 2 aromatic rings. The van der Waals surface area contributed by atoms with E-state index >= 15 is 0 Å². The number of anilines is 1. The molecule has 0 radical (unpaired) electrons. The molecule has 0 bridgehead atoms. The van der Waals surface area contributed by atoms with Gasteiger partial charge in [-0.2, -0.15) is 13.2 Å². The molecule has 0 saturated heterocycles. The second-order valence-electron chi connectivity index (χ2n) is 6.26. The van der Waals surface area contributed by atoms with Crippen LogP contribution in [0.5, 0.6) is 0 Å². The predicted octanol–water partition coefficient (Wildman–Crippen LogP) is 6.29. The molecule has 1 heterocycles. The predicted molar refractivity (Wildman–Crippen MR) is 91.9 cm³/mol. The lowest BCUT2D eigenvalue weighted by Gasteiger charge is -2.39. The molecule has 5 heteroatoms. The van der Waals surface area contributed by atoms with Crippen LogP contribution in [0.3, 0.4) is 0 Å². The number of para-hydroxylation sites is 1. The zero-order valence-electron chi connectivity index (χ0n) is 12.6. The third-order valence-corrected chi connectivity index (χ3v) is 5.66. The van der Waals surface area contributed by atoms with Crippen LogP contribution in [-0.4, -0.2) is 0 Å². The van der Waals surface area contributed by atoms with Crippen LogP contribution in [0.15, 0.2) is 59.1 Å². The lowest BCUT2D eigenvalue weighted by molar-refractivity contribution is -0.137. The summed E-state index contributed by atoms with van der Waals surface area (Å²) in [6, 6.07) is 12.0. The second-order valence-corrected chi connectivity index (χ2v) is 7.12. The molecular weight excluding hydrogens is 379 g/mol. The molecule has 0 amide bonds. The van der Waals surface area contributed by atoms with Crippen LogP contribution in [0.25, 0.3) is 0 Å². The SMILES string of the molecule is FC(F)(F)c1cccc2c1N[C@H](c1ccccc1Br)[C@@H]1CC=C[C@H]21. The lowest BCUT2D eigenvalue weighted by atomic mass is 9.76. The molecule has 1 nitrogen and oxygen atoms in total. The van der Waals surface area contributed by atoms with Crippen LogP contribution < -0.4 is 5.32 Å². The molecule has 0 aromatic heterocycles. The highest BCUT2D eigenvalue weighted by Gasteiger charge is 2.43. The Hall–Kier alpha value is -1.75. The van der Waals surface area contributed by atoms with E-state index in [2.05, 4.69) is 27.3 Å². The number of hydrogen-bond donors (Lipinski definition) is 1. The smallest absolute Gasteiger partial charge is 0.377 e. The van der Waals surface area contributed by atoms with Crippen LogP contribution in [-0.2, 0) is 6.18 Å². The number of nitrogens with one attached hydrogen (secondary N) is 1. The number of rotatable bonds is 1. The topological polar surface area (TPSA) is 12.0 Å². The third kappa shape index (κ3) is 2.46. The zero-order valence-corrected chi connectivity index (χ0v) is 14.2. The van der Waals surface area contributed by atoms with Crippen molar-refractivity contribution in [1.82, 2.24) is 0 Å². The number of hydrogen-bond acceptors (Lipinski definition) is 1. The molecule has 1 aliphatic heterocycles. The van der Waals surface area contributed by atoms with Crippen molar-refractivity contribution in [2.45, 2.75) is 24.6 Å². The van der Waals surface area contributed by atoms with Gasteiger partial charge in [-0.1, -0.05) is 58.4 Å². The third-order valence-electron chi connectivity index (χ3n) is 4.94. The first-order valence-corrected chi connectivity index (χ1v) is 8.64. The van der Waals surface area contributed by atoms with E-state index in [1.165, 1.54) is 6.07 Å². The number of benzene rings is 2. The van der Waals surface area contributed by atoms with Crippen LogP contribution in [0.2, 0.25) is 0 Å². The van der Waals surface area contributed by atoms with Crippen molar-refractivity contribution >= 4 is 21.6 Å². The Morgan fingerprint density at radius 1 is 1.00 bits per heavy atom. The van der Waals surface area contributed by atoms with E-state index in [9.17, 15) is 13.2 Å². The van der Waals surface area contributed by atoms with Gasteiger partial charge >= 0.3 is 6.18 Å². The molecule has 0 saturated carbocycles. The second kappa shape index (κ2) is 5.66. The largest absolute Gasteiger partial charge is 0.418 e. The van der Waals surface area contributed by atoms with Gasteiger partial charge in [-0.05, 0) is 35.6 Å². The van der Waals surface area contributed by atoms with Crippen molar-refractivity contribution in [3.63, 3.8) is 0 Å². The Morgan fingerprint density at radius 2 is 1.75 bits per heavy atom. The van der Waals surface area contributed by atoms with Gasteiger partial charge < -0.3 is 5.32 Å². The fourth-order valence-electron chi connectivity index (χ4n) is 3.89. The molecule has 1 aliphatic carbocycles. The molecule has 0 spiro atoms. The highest BCUT2D eigenvalue weighted by atomic mass is 79.9. The van der Waals surface area contributed by atoms with Gasteiger partial charge in [0.25, 0.3) is 0 Å². The average molecular weight is 394 g/mol. The fourth-order valence-corrected chi connectivity index (χ4v) is 4.42. The number of alkyl halides is 3. The van der Waals surface area contributed by atoms with Crippen molar-refractivity contribution < 1.29 is 13.2 Å². The van der Waals surface area contributed by atoms with Crippen molar-refractivity contribution in [3.05, 3.63) is 75.8 Å². The van der Waals surface area contributed by atoms with Gasteiger partial charge in [0.1, 0.15) is 0 Å². The molecule has 24 heavy (non-hydrogen) atoms. The fraction of sp³-hybridized carbons (Fsp3) is 0.263. The number of fused-ring (bicyclic) bond motifs is 3. The molecule has 2 aromatic carbocycles. The van der Waals surface area contributed by atoms with E-state index in [-0.39, 0.29) is 23.6 Å². The zero-order chi connectivity index (χ0) is 16.9. The molecular formula is C19H15BrF3N. The molecule has 1 N–H and O–H groups in total. The Morgan fingerprint density at radius 3 is 2.50 bits per heavy atom. The van der Waals surface area contributed by atoms with Crippen molar-refractivity contribution in [1.29, 1.82) is 0 Å². The van der Waals surface area contributed by atoms with E-state index in [0.29, 0.717) is 0 Å². The van der Waals surface area contributed by atoms with Gasteiger partial charge in [0.15, 0.2) is 0 Å². The minimum absolute atomic E-state index is 0.0145. The molecule has 0 unspecified atom stereocenters. The van der Waals surface area contributed by atoms with E-state index in [0.717, 1.165) is 28.1 Å². The highest BCUT2D eigenvalue weighted by molar-refractivity contribution is 9.10. The summed E-state index contributed by atoms with van der Waals surface area (Å²) in [7, 11) is 0. The summed E-state index contributed by atoms with van der Waals surface area (Å²) < 4.78 is 41.3. The number of allylic oxidation sites excluding steroid dienone is 2. The molecule has 4 rings (SSSR count). The molecule has 124 valence electrons. The summed E-state index contributed by atoms with van der Waals surface area (Å²) in [5, 5.41) is 3.21. The quantitative estimate of drug-likeness (QED) is 0.561. The molecule has 2 aliphatic rings. The maximum atomic E-state index is 13.5. The first-order valence-electron chi connectivity index (χ1n) is 7.84. The molecule has 0 fully saturated rings. The summed E-state index contributed by atoms with van der Waals surface area (Å²) in [5.41, 5.74) is 1.38. The lowest BCUT2D eigenvalue weighted by Crippen LogP contribution is -2.31. The summed E-state index contributed by atoms with van der Waals surface area (Å²) in [5.74, 6) is 0.236. The van der Waals surface area contributed by atoms with Gasteiger partial charge in [-0.25, -0.2) is 0 Å². The van der Waals surface area contributed by atoms with Crippen LogP contribution in [0.1, 0.15) is 35.1 Å². The standard InChI is InChI=1S/C19H15BrF3N/c20-16-10-2-1-5-14(16)17-12-7-3-6-11(12)13-8-4-9-15(18(13)24-17)19(21,22)23/h1-6,8-12,17,24H,7H2/t11-,12+,17-/m0/s1. The van der Waals surface area contributed by atoms with Crippen LogP contribution in [0, 0.1) is 5.92 Å². The summed E-state index contributed by atoms with van der Waals surface area (Å²) in [4.78, 5) is 0. The summed E-state index contributed by atoms with van der Waals surface area (Å²) in [6.07, 6.45) is 0.621. The normalized spacial score (nSPS) is 25.1. The molecule has 3 atom stereocenters. The average Bonchev–Trinajstić information content (AvgIpc) is 3.03. The van der Waals surface area contributed by atoms with Gasteiger partial charge in [-0.3, -0.25) is 0 Å². The van der Waals surface area contributed by atoms with Gasteiger partial charge in [-0.15, -0.1) is 0 Å². The Labute approximate surface area is 146 Å². The van der Waals surface area contributed by atoms with Crippen molar-refractivity contribution in [3.8, 4) is 0 Å². The van der Waals surface area contributed by atoms with Gasteiger partial charge in [0, 0.05) is 10.4 Å². The Balaban J connectivity index is 1.87. The van der Waals surface area contributed by atoms with Crippen molar-refractivity contribution in [2.24, 2.45) is 5.92 Å². The first kappa shape index (κ1) is 15.8. The van der Waals surface area contributed by atoms with Gasteiger partial charge in [0.2, 0.25) is 0 Å². The van der Waals surface area contributed by atoms with Crippen LogP contribution >= 0.6 is 15.9 Å². The summed E-state index contributed by atoms with van der Waals surface area (Å²) >= 11 is 3.54. The minimum atomic E-state index is -4.37. The Bertz CT molecular complexity index is 812. The van der Waals surface area contributed by atoms with E-state index in [4.69, 9.17) is 0 Å². The Kier molecular flexibility index (Phi) is 3.71.